The molecule has 0 aliphatic heterocycles. The first kappa shape index (κ1) is 11.4. The maximum absolute atomic E-state index is 10.6. The topological polar surface area (TPSA) is 42.0 Å². The maximum atomic E-state index is 10.6. The molecule has 0 saturated carbocycles. The first-order valence-electron chi connectivity index (χ1n) is 4.94. The van der Waals surface area contributed by atoms with E-state index < -0.39 is 0 Å². The third kappa shape index (κ3) is 4.40. The van der Waals surface area contributed by atoms with Gasteiger partial charge in [0.1, 0.15) is 0 Å². The second kappa shape index (κ2) is 5.29. The number of hydrogen-bond acceptors (Lipinski definition) is 2. The Balaban J connectivity index is 2.60. The molecule has 0 bridgehead atoms. The van der Waals surface area contributed by atoms with Crippen LogP contribution in [0.5, 0.6) is 0 Å². The molecule has 15 heavy (non-hydrogen) atoms. The number of carbonyl (C=O) groups excluding carboxylic acids is 1. The highest BCUT2D eigenvalue weighted by Gasteiger charge is 1.92. The molecule has 1 aromatic heterocycles. The van der Waals surface area contributed by atoms with E-state index in [0.29, 0.717) is 6.54 Å². The summed E-state index contributed by atoms with van der Waals surface area (Å²) >= 11 is 0. The van der Waals surface area contributed by atoms with Crippen molar-refractivity contribution in [2.75, 3.05) is 6.54 Å². The van der Waals surface area contributed by atoms with Crippen LogP contribution in [0, 0.1) is 13.8 Å². The number of aryl methyl sites for hydroxylation is 2. The number of pyridine rings is 1. The van der Waals surface area contributed by atoms with E-state index in [2.05, 4.69) is 10.3 Å². The van der Waals surface area contributed by atoms with Crippen molar-refractivity contribution in [2.45, 2.75) is 20.8 Å². The van der Waals surface area contributed by atoms with Crippen LogP contribution in [-0.4, -0.2) is 17.4 Å². The summed E-state index contributed by atoms with van der Waals surface area (Å²) < 4.78 is 0. The van der Waals surface area contributed by atoms with Crippen molar-refractivity contribution in [3.8, 4) is 0 Å². The number of hydrogen-bond donors (Lipinski definition) is 1. The summed E-state index contributed by atoms with van der Waals surface area (Å²) in [6, 6.07) is 4.02. The molecule has 0 unspecified atom stereocenters. The van der Waals surface area contributed by atoms with E-state index in [4.69, 9.17) is 0 Å². The van der Waals surface area contributed by atoms with Crippen molar-refractivity contribution in [2.24, 2.45) is 0 Å². The molecule has 3 nitrogen and oxygen atoms in total. The number of aromatic nitrogens is 1. The number of nitrogens with zero attached hydrogens (tertiary/aromatic N) is 1. The monoisotopic (exact) mass is 204 g/mol. The van der Waals surface area contributed by atoms with E-state index in [1.165, 1.54) is 6.92 Å². The lowest BCUT2D eigenvalue weighted by molar-refractivity contribution is -0.118. The van der Waals surface area contributed by atoms with Crippen LogP contribution in [0.15, 0.2) is 18.2 Å². The molecule has 0 aliphatic carbocycles. The quantitative estimate of drug-likeness (QED) is 0.816. The molecular weight excluding hydrogens is 188 g/mol. The van der Waals surface area contributed by atoms with Crippen molar-refractivity contribution in [1.29, 1.82) is 0 Å². The Morgan fingerprint density at radius 2 is 2.00 bits per heavy atom. The van der Waals surface area contributed by atoms with E-state index in [1.54, 1.807) is 0 Å². The Kier molecular flexibility index (Phi) is 4.03. The number of carbonyl (C=O) groups is 1. The van der Waals surface area contributed by atoms with Gasteiger partial charge in [0, 0.05) is 24.9 Å². The van der Waals surface area contributed by atoms with E-state index in [-0.39, 0.29) is 5.91 Å². The molecule has 1 amide bonds. The minimum atomic E-state index is -0.0123. The summed E-state index contributed by atoms with van der Waals surface area (Å²) in [7, 11) is 0. The Morgan fingerprint density at radius 3 is 2.53 bits per heavy atom. The summed E-state index contributed by atoms with van der Waals surface area (Å²) in [6.07, 6.45) is 3.91. The van der Waals surface area contributed by atoms with E-state index in [9.17, 15) is 4.79 Å². The third-order valence-corrected chi connectivity index (χ3v) is 1.88. The van der Waals surface area contributed by atoms with Gasteiger partial charge in [-0.3, -0.25) is 9.78 Å². The summed E-state index contributed by atoms with van der Waals surface area (Å²) in [5.41, 5.74) is 3.13. The second-order valence-electron chi connectivity index (χ2n) is 3.52. The predicted molar refractivity (Wildman–Crippen MR) is 61.4 cm³/mol. The van der Waals surface area contributed by atoms with Crippen LogP contribution in [0.2, 0.25) is 0 Å². The second-order valence-corrected chi connectivity index (χ2v) is 3.52. The third-order valence-electron chi connectivity index (χ3n) is 1.88. The van der Waals surface area contributed by atoms with Gasteiger partial charge in [0.2, 0.25) is 5.91 Å². The van der Waals surface area contributed by atoms with E-state index in [1.807, 2.05) is 38.1 Å². The van der Waals surface area contributed by atoms with Crippen molar-refractivity contribution in [1.82, 2.24) is 10.3 Å². The molecule has 0 saturated heterocycles. The molecule has 0 aromatic carbocycles. The summed E-state index contributed by atoms with van der Waals surface area (Å²) in [6.45, 7) is 6.01. The molecule has 0 atom stereocenters. The lowest BCUT2D eigenvalue weighted by Crippen LogP contribution is -2.19. The number of rotatable bonds is 3. The van der Waals surface area contributed by atoms with Crippen LogP contribution >= 0.6 is 0 Å². The normalized spacial score (nSPS) is 10.6. The van der Waals surface area contributed by atoms with Gasteiger partial charge in [0.15, 0.2) is 0 Å². The molecule has 0 fully saturated rings. The Labute approximate surface area is 90.2 Å². The molecule has 3 heteroatoms. The van der Waals surface area contributed by atoms with Crippen LogP contribution in [0.25, 0.3) is 6.08 Å². The SMILES string of the molecule is CC(=O)NCC=Cc1cc(C)nc(C)c1. The van der Waals surface area contributed by atoms with Gasteiger partial charge in [-0.25, -0.2) is 0 Å². The summed E-state index contributed by atoms with van der Waals surface area (Å²) in [5.74, 6) is -0.0123. The Bertz CT molecular complexity index is 363. The van der Waals surface area contributed by atoms with Crippen LogP contribution in [0.4, 0.5) is 0 Å². The molecule has 0 spiro atoms. The Hall–Kier alpha value is -1.64. The number of amides is 1. The highest BCUT2D eigenvalue weighted by atomic mass is 16.1. The zero-order chi connectivity index (χ0) is 11.3. The van der Waals surface area contributed by atoms with Crippen LogP contribution in [0.1, 0.15) is 23.9 Å². The summed E-state index contributed by atoms with van der Waals surface area (Å²) in [5, 5.41) is 2.70. The summed E-state index contributed by atoms with van der Waals surface area (Å²) in [4.78, 5) is 14.9. The molecule has 1 N–H and O–H groups in total. The molecular formula is C12H16N2O. The standard InChI is InChI=1S/C12H16N2O/c1-9-7-12(8-10(2)14-9)5-4-6-13-11(3)15/h4-5,7-8H,6H2,1-3H3,(H,13,15). The van der Waals surface area contributed by atoms with Crippen molar-refractivity contribution >= 4 is 12.0 Å². The highest BCUT2D eigenvalue weighted by Crippen LogP contribution is 2.06. The zero-order valence-corrected chi connectivity index (χ0v) is 9.37. The van der Waals surface area contributed by atoms with Gasteiger partial charge >= 0.3 is 0 Å². The van der Waals surface area contributed by atoms with Gasteiger partial charge in [-0.1, -0.05) is 12.2 Å². The van der Waals surface area contributed by atoms with Crippen molar-refractivity contribution in [3.63, 3.8) is 0 Å². The average Bonchev–Trinajstić information content (AvgIpc) is 2.10. The predicted octanol–water partition coefficient (Wildman–Crippen LogP) is 1.85. The Morgan fingerprint density at radius 1 is 1.40 bits per heavy atom. The average molecular weight is 204 g/mol. The van der Waals surface area contributed by atoms with Gasteiger partial charge < -0.3 is 5.32 Å². The van der Waals surface area contributed by atoms with Crippen LogP contribution in [-0.2, 0) is 4.79 Å². The van der Waals surface area contributed by atoms with Crippen LogP contribution < -0.4 is 5.32 Å². The van der Waals surface area contributed by atoms with E-state index in [0.717, 1.165) is 17.0 Å². The van der Waals surface area contributed by atoms with Gasteiger partial charge in [-0.05, 0) is 31.5 Å². The minimum Gasteiger partial charge on any atom is -0.353 e. The first-order valence-corrected chi connectivity index (χ1v) is 4.94. The van der Waals surface area contributed by atoms with Gasteiger partial charge in [0.25, 0.3) is 0 Å². The van der Waals surface area contributed by atoms with Crippen molar-refractivity contribution < 1.29 is 4.79 Å². The molecule has 1 rings (SSSR count). The van der Waals surface area contributed by atoms with Crippen molar-refractivity contribution in [3.05, 3.63) is 35.2 Å². The first-order chi connectivity index (χ1) is 7.08. The fraction of sp³-hybridized carbons (Fsp3) is 0.333. The smallest absolute Gasteiger partial charge is 0.217 e. The molecule has 80 valence electrons. The largest absolute Gasteiger partial charge is 0.353 e. The molecule has 0 radical (unpaired) electrons. The lowest BCUT2D eigenvalue weighted by Gasteiger charge is -1.99. The van der Waals surface area contributed by atoms with Gasteiger partial charge in [-0.2, -0.15) is 0 Å². The van der Waals surface area contributed by atoms with Gasteiger partial charge in [0.05, 0.1) is 0 Å². The fourth-order valence-electron chi connectivity index (χ4n) is 1.36. The molecule has 1 aromatic rings. The zero-order valence-electron chi connectivity index (χ0n) is 9.37. The van der Waals surface area contributed by atoms with E-state index >= 15 is 0 Å². The number of nitrogens with one attached hydrogen (secondary N) is 1. The lowest BCUT2D eigenvalue weighted by atomic mass is 10.2. The minimum absolute atomic E-state index is 0.0123. The fourth-order valence-corrected chi connectivity index (χ4v) is 1.36. The maximum Gasteiger partial charge on any atom is 0.217 e. The van der Waals surface area contributed by atoms with Crippen LogP contribution in [0.3, 0.4) is 0 Å². The highest BCUT2D eigenvalue weighted by molar-refractivity contribution is 5.73. The van der Waals surface area contributed by atoms with Gasteiger partial charge in [-0.15, -0.1) is 0 Å². The molecule has 0 aliphatic rings. The molecule has 1 heterocycles.